The van der Waals surface area contributed by atoms with Gasteiger partial charge in [-0.1, -0.05) is 23.8 Å². The molecule has 1 aliphatic rings. The van der Waals surface area contributed by atoms with Crippen LogP contribution in [-0.2, 0) is 11.3 Å². The number of aryl methyl sites for hydroxylation is 2. The van der Waals surface area contributed by atoms with Crippen molar-refractivity contribution in [3.05, 3.63) is 34.9 Å². The Kier molecular flexibility index (Phi) is 3.20. The van der Waals surface area contributed by atoms with Crippen LogP contribution < -0.4 is 5.32 Å². The fourth-order valence-corrected chi connectivity index (χ4v) is 2.02. The summed E-state index contributed by atoms with van der Waals surface area (Å²) in [6.45, 7) is 4.62. The van der Waals surface area contributed by atoms with Crippen molar-refractivity contribution in [3.63, 3.8) is 0 Å². The summed E-state index contributed by atoms with van der Waals surface area (Å²) < 4.78 is 0. The summed E-state index contributed by atoms with van der Waals surface area (Å²) in [6.07, 6.45) is 1.62. The lowest BCUT2D eigenvalue weighted by molar-refractivity contribution is -0.127. The third-order valence-corrected chi connectivity index (χ3v) is 3.58. The van der Waals surface area contributed by atoms with Gasteiger partial charge < -0.3 is 10.4 Å². The van der Waals surface area contributed by atoms with Crippen molar-refractivity contribution in [3.8, 4) is 0 Å². The first-order chi connectivity index (χ1) is 8.07. The topological polar surface area (TPSA) is 49.3 Å². The van der Waals surface area contributed by atoms with E-state index in [1.165, 1.54) is 11.1 Å². The number of aliphatic hydroxyl groups excluding tert-OH is 1. The van der Waals surface area contributed by atoms with Crippen LogP contribution in [0.3, 0.4) is 0 Å². The van der Waals surface area contributed by atoms with Crippen LogP contribution >= 0.6 is 0 Å². The number of amides is 1. The van der Waals surface area contributed by atoms with Crippen LogP contribution in [0.2, 0.25) is 0 Å². The predicted molar refractivity (Wildman–Crippen MR) is 66.5 cm³/mol. The van der Waals surface area contributed by atoms with E-state index in [-0.39, 0.29) is 12.5 Å². The minimum absolute atomic E-state index is 0.0139. The maximum absolute atomic E-state index is 11.8. The monoisotopic (exact) mass is 233 g/mol. The van der Waals surface area contributed by atoms with Gasteiger partial charge >= 0.3 is 0 Å². The molecule has 0 bridgehead atoms. The van der Waals surface area contributed by atoms with Crippen LogP contribution in [-0.4, -0.2) is 17.6 Å². The third kappa shape index (κ3) is 2.50. The molecule has 2 rings (SSSR count). The number of nitrogens with one attached hydrogen (secondary N) is 1. The molecule has 1 amide bonds. The minimum Gasteiger partial charge on any atom is -0.395 e. The van der Waals surface area contributed by atoms with Gasteiger partial charge in [-0.2, -0.15) is 0 Å². The van der Waals surface area contributed by atoms with Gasteiger partial charge in [0.25, 0.3) is 0 Å². The number of carbonyl (C=O) groups is 1. The van der Waals surface area contributed by atoms with Crippen LogP contribution in [0.25, 0.3) is 0 Å². The van der Waals surface area contributed by atoms with Crippen LogP contribution in [0.4, 0.5) is 0 Å². The average molecular weight is 233 g/mol. The van der Waals surface area contributed by atoms with Gasteiger partial charge in [-0.25, -0.2) is 0 Å². The zero-order chi connectivity index (χ0) is 12.5. The number of benzene rings is 1. The molecule has 3 nitrogen and oxygen atoms in total. The highest BCUT2D eigenvalue weighted by atomic mass is 16.3. The largest absolute Gasteiger partial charge is 0.395 e. The Morgan fingerprint density at radius 3 is 2.65 bits per heavy atom. The van der Waals surface area contributed by atoms with Crippen LogP contribution in [0.15, 0.2) is 18.2 Å². The molecule has 1 aromatic rings. The zero-order valence-electron chi connectivity index (χ0n) is 10.4. The smallest absolute Gasteiger partial charge is 0.228 e. The minimum atomic E-state index is -0.474. The summed E-state index contributed by atoms with van der Waals surface area (Å²) in [5, 5.41) is 12.1. The molecule has 0 saturated heterocycles. The van der Waals surface area contributed by atoms with E-state index < -0.39 is 5.41 Å². The molecular formula is C14H19NO2. The van der Waals surface area contributed by atoms with Gasteiger partial charge in [0.05, 0.1) is 12.0 Å². The quantitative estimate of drug-likeness (QED) is 0.831. The van der Waals surface area contributed by atoms with Gasteiger partial charge in [-0.3, -0.25) is 4.79 Å². The van der Waals surface area contributed by atoms with Crippen molar-refractivity contribution in [1.29, 1.82) is 0 Å². The first kappa shape index (κ1) is 12.1. The first-order valence-electron chi connectivity index (χ1n) is 6.03. The Labute approximate surface area is 102 Å². The molecule has 0 aromatic heterocycles. The molecule has 3 heteroatoms. The van der Waals surface area contributed by atoms with E-state index in [0.717, 1.165) is 18.4 Å². The van der Waals surface area contributed by atoms with E-state index >= 15 is 0 Å². The highest BCUT2D eigenvalue weighted by Crippen LogP contribution is 2.45. The number of rotatable bonds is 4. The van der Waals surface area contributed by atoms with E-state index in [2.05, 4.69) is 18.3 Å². The zero-order valence-corrected chi connectivity index (χ0v) is 10.4. The fraction of sp³-hybridized carbons (Fsp3) is 0.500. The molecule has 0 spiro atoms. The maximum Gasteiger partial charge on any atom is 0.228 e. The highest BCUT2D eigenvalue weighted by molar-refractivity contribution is 5.85. The second-order valence-corrected chi connectivity index (χ2v) is 5.05. The molecule has 17 heavy (non-hydrogen) atoms. The molecular weight excluding hydrogens is 214 g/mol. The van der Waals surface area contributed by atoms with Crippen LogP contribution in [0, 0.1) is 19.3 Å². The molecule has 1 aliphatic carbocycles. The van der Waals surface area contributed by atoms with Gasteiger partial charge in [0, 0.05) is 6.54 Å². The van der Waals surface area contributed by atoms with Gasteiger partial charge in [0.1, 0.15) is 0 Å². The van der Waals surface area contributed by atoms with E-state index in [0.29, 0.717) is 6.54 Å². The second-order valence-electron chi connectivity index (χ2n) is 5.05. The van der Waals surface area contributed by atoms with Crippen molar-refractivity contribution < 1.29 is 9.90 Å². The van der Waals surface area contributed by atoms with Crippen LogP contribution in [0.1, 0.15) is 29.5 Å². The van der Waals surface area contributed by atoms with Crippen molar-refractivity contribution in [2.75, 3.05) is 6.61 Å². The summed E-state index contributed by atoms with van der Waals surface area (Å²) >= 11 is 0. The predicted octanol–water partition coefficient (Wildman–Crippen LogP) is 1.69. The molecule has 0 heterocycles. The van der Waals surface area contributed by atoms with Gasteiger partial charge in [0.15, 0.2) is 0 Å². The van der Waals surface area contributed by atoms with Crippen molar-refractivity contribution >= 4 is 5.91 Å². The molecule has 1 saturated carbocycles. The highest BCUT2D eigenvalue weighted by Gasteiger charge is 2.49. The summed E-state index contributed by atoms with van der Waals surface area (Å²) in [4.78, 5) is 11.8. The molecule has 0 radical (unpaired) electrons. The SMILES string of the molecule is Cc1ccc(CNC(=O)C2(CO)CC2)c(C)c1. The molecule has 0 aliphatic heterocycles. The Hall–Kier alpha value is -1.35. The Morgan fingerprint density at radius 1 is 1.41 bits per heavy atom. The summed E-state index contributed by atoms with van der Waals surface area (Å²) in [7, 11) is 0. The molecule has 0 unspecified atom stereocenters. The lowest BCUT2D eigenvalue weighted by Crippen LogP contribution is -2.33. The van der Waals surface area contributed by atoms with Gasteiger partial charge in [0.2, 0.25) is 5.91 Å². The van der Waals surface area contributed by atoms with Crippen molar-refractivity contribution in [2.24, 2.45) is 5.41 Å². The summed E-state index contributed by atoms with van der Waals surface area (Å²) in [5.74, 6) is -0.0139. The first-order valence-corrected chi connectivity index (χ1v) is 6.03. The summed E-state index contributed by atoms with van der Waals surface area (Å²) in [6, 6.07) is 6.21. The Bertz CT molecular complexity index is 436. The maximum atomic E-state index is 11.8. The van der Waals surface area contributed by atoms with Gasteiger partial charge in [-0.05, 0) is 37.8 Å². The lowest BCUT2D eigenvalue weighted by Gasteiger charge is -2.13. The van der Waals surface area contributed by atoms with E-state index in [9.17, 15) is 4.79 Å². The van der Waals surface area contributed by atoms with Gasteiger partial charge in [-0.15, -0.1) is 0 Å². The molecule has 2 N–H and O–H groups in total. The molecule has 92 valence electrons. The van der Waals surface area contributed by atoms with Crippen LogP contribution in [0.5, 0.6) is 0 Å². The third-order valence-electron chi connectivity index (χ3n) is 3.58. The van der Waals surface area contributed by atoms with Crippen molar-refractivity contribution in [1.82, 2.24) is 5.32 Å². The Morgan fingerprint density at radius 2 is 2.12 bits per heavy atom. The summed E-state index contributed by atoms with van der Waals surface area (Å²) in [5.41, 5.74) is 3.09. The molecule has 1 fully saturated rings. The standard InChI is InChI=1S/C14H19NO2/c1-10-3-4-12(11(2)7-10)8-15-13(17)14(9-16)5-6-14/h3-4,7,16H,5-6,8-9H2,1-2H3,(H,15,17). The van der Waals surface area contributed by atoms with E-state index in [4.69, 9.17) is 5.11 Å². The number of carbonyl (C=O) groups excluding carboxylic acids is 1. The number of hydrogen-bond acceptors (Lipinski definition) is 2. The lowest BCUT2D eigenvalue weighted by atomic mass is 10.0. The second kappa shape index (κ2) is 4.49. The van der Waals surface area contributed by atoms with E-state index in [1.807, 2.05) is 19.1 Å². The number of hydrogen-bond donors (Lipinski definition) is 2. The van der Waals surface area contributed by atoms with E-state index in [1.54, 1.807) is 0 Å². The average Bonchev–Trinajstić information content (AvgIpc) is 3.08. The Balaban J connectivity index is 1.96. The van der Waals surface area contributed by atoms with Crippen molar-refractivity contribution in [2.45, 2.75) is 33.2 Å². The fourth-order valence-electron chi connectivity index (χ4n) is 2.02. The molecule has 0 atom stereocenters. The normalized spacial score (nSPS) is 16.6. The molecule has 1 aromatic carbocycles. The number of aliphatic hydroxyl groups is 1.